The van der Waals surface area contributed by atoms with Crippen LogP contribution in [0.4, 0.5) is 0 Å². The lowest BCUT2D eigenvalue weighted by molar-refractivity contribution is 0.725. The fourth-order valence-electron chi connectivity index (χ4n) is 1.93. The predicted molar refractivity (Wildman–Crippen MR) is 81.4 cm³/mol. The van der Waals surface area contributed by atoms with Gasteiger partial charge in [0.2, 0.25) is 0 Å². The molecule has 0 saturated heterocycles. The van der Waals surface area contributed by atoms with Gasteiger partial charge in [0.15, 0.2) is 0 Å². The summed E-state index contributed by atoms with van der Waals surface area (Å²) in [5, 5.41) is 0. The highest BCUT2D eigenvalue weighted by atomic mass is 35.5. The quantitative estimate of drug-likeness (QED) is 0.326. The van der Waals surface area contributed by atoms with Gasteiger partial charge in [-0.1, -0.05) is 41.9 Å². The van der Waals surface area contributed by atoms with E-state index in [0.717, 1.165) is 44.4 Å². The topological polar surface area (TPSA) is 0 Å². The van der Waals surface area contributed by atoms with Crippen molar-refractivity contribution in [1.82, 2.24) is 0 Å². The second-order valence-electron chi connectivity index (χ2n) is 4.34. The minimum Gasteiger partial charge on any atom is -0.127 e. The fourth-order valence-corrected chi connectivity index (χ4v) is 2.27. The van der Waals surface area contributed by atoms with Gasteiger partial charge in [-0.3, -0.25) is 0 Å². The summed E-state index contributed by atoms with van der Waals surface area (Å²) in [4.78, 5) is 0. The molecule has 0 fully saturated rings. The van der Waals surface area contributed by atoms with Crippen molar-refractivity contribution in [3.63, 3.8) is 0 Å². The molecule has 18 heavy (non-hydrogen) atoms. The summed E-state index contributed by atoms with van der Waals surface area (Å²) in [6.07, 6.45) is 6.59. The van der Waals surface area contributed by atoms with Crippen LogP contribution < -0.4 is 0 Å². The van der Waals surface area contributed by atoms with E-state index in [1.54, 1.807) is 0 Å². The Hall–Kier alpha value is -0.680. The van der Waals surface area contributed by atoms with Crippen LogP contribution >= 0.6 is 23.2 Å². The van der Waals surface area contributed by atoms with Crippen LogP contribution in [-0.2, 0) is 6.42 Å². The molecule has 98 valence electrons. The van der Waals surface area contributed by atoms with Crippen molar-refractivity contribution in [2.75, 3.05) is 5.88 Å². The van der Waals surface area contributed by atoms with E-state index in [2.05, 4.69) is 36.1 Å². The van der Waals surface area contributed by atoms with Crippen molar-refractivity contribution < 1.29 is 0 Å². The molecule has 0 aromatic heterocycles. The van der Waals surface area contributed by atoms with Crippen LogP contribution in [0.5, 0.6) is 0 Å². The molecule has 0 saturated carbocycles. The van der Waals surface area contributed by atoms with Crippen molar-refractivity contribution in [3.05, 3.63) is 52.7 Å². The minimum atomic E-state index is 0.738. The molecule has 0 unspecified atom stereocenters. The first kappa shape index (κ1) is 15.4. The molecule has 2 heteroatoms. The molecule has 1 rings (SSSR count). The molecule has 0 heterocycles. The number of unbranched alkanes of at least 4 members (excludes halogenated alkanes) is 1. The van der Waals surface area contributed by atoms with E-state index in [-0.39, 0.29) is 0 Å². The van der Waals surface area contributed by atoms with Gasteiger partial charge in [-0.25, -0.2) is 0 Å². The highest BCUT2D eigenvalue weighted by Gasteiger charge is 1.98. The number of allylic oxidation sites excluding steroid dienone is 1. The molecule has 0 aliphatic rings. The molecular formula is C16H20Cl2. The summed E-state index contributed by atoms with van der Waals surface area (Å²) in [6.45, 7) is 0. The van der Waals surface area contributed by atoms with Crippen molar-refractivity contribution in [1.29, 1.82) is 0 Å². The molecule has 0 bridgehead atoms. The Morgan fingerprint density at radius 3 is 2.44 bits per heavy atom. The number of benzene rings is 1. The van der Waals surface area contributed by atoms with E-state index in [9.17, 15) is 0 Å². The van der Waals surface area contributed by atoms with Gasteiger partial charge < -0.3 is 0 Å². The molecule has 0 nitrogen and oxygen atoms in total. The van der Waals surface area contributed by atoms with Crippen LogP contribution in [0.3, 0.4) is 0 Å². The second kappa shape index (κ2) is 10.3. The summed E-state index contributed by atoms with van der Waals surface area (Å²) in [7, 11) is 0. The van der Waals surface area contributed by atoms with Crippen LogP contribution in [0.15, 0.2) is 47.2 Å². The normalized spacial score (nSPS) is 9.89. The smallest absolute Gasteiger partial charge is 0.0462 e. The third-order valence-corrected chi connectivity index (χ3v) is 3.28. The zero-order valence-corrected chi connectivity index (χ0v) is 12.2. The van der Waals surface area contributed by atoms with E-state index >= 15 is 0 Å². The molecular weight excluding hydrogens is 263 g/mol. The average molecular weight is 283 g/mol. The predicted octanol–water partition coefficient (Wildman–Crippen LogP) is 5.70. The molecule has 0 aliphatic heterocycles. The monoisotopic (exact) mass is 282 g/mol. The van der Waals surface area contributed by atoms with Gasteiger partial charge in [0.25, 0.3) is 0 Å². The summed E-state index contributed by atoms with van der Waals surface area (Å²) in [5.41, 5.74) is 7.35. The van der Waals surface area contributed by atoms with Gasteiger partial charge in [0, 0.05) is 11.4 Å². The molecule has 0 N–H and O–H groups in total. The van der Waals surface area contributed by atoms with E-state index in [1.807, 2.05) is 0 Å². The Morgan fingerprint density at radius 2 is 1.78 bits per heavy atom. The van der Waals surface area contributed by atoms with Crippen LogP contribution in [0.2, 0.25) is 0 Å². The molecule has 0 spiro atoms. The molecule has 1 aromatic carbocycles. The summed E-state index contributed by atoms with van der Waals surface area (Å²) >= 11 is 11.3. The molecule has 0 radical (unpaired) electrons. The Kier molecular flexibility index (Phi) is 8.77. The van der Waals surface area contributed by atoms with Crippen molar-refractivity contribution in [3.8, 4) is 0 Å². The van der Waals surface area contributed by atoms with Crippen molar-refractivity contribution in [2.24, 2.45) is 0 Å². The zero-order valence-electron chi connectivity index (χ0n) is 10.7. The first-order valence-electron chi connectivity index (χ1n) is 6.50. The van der Waals surface area contributed by atoms with Crippen LogP contribution in [0.1, 0.15) is 37.7 Å². The van der Waals surface area contributed by atoms with E-state index in [0.29, 0.717) is 0 Å². The molecule has 0 atom stereocenters. The first-order chi connectivity index (χ1) is 8.86. The zero-order chi connectivity index (χ0) is 13.1. The third-order valence-electron chi connectivity index (χ3n) is 2.91. The number of alkyl halides is 1. The highest BCUT2D eigenvalue weighted by molar-refractivity contribution is 6.25. The van der Waals surface area contributed by atoms with Gasteiger partial charge in [-0.2, -0.15) is 0 Å². The lowest BCUT2D eigenvalue weighted by Gasteiger charge is -2.05. The Morgan fingerprint density at radius 1 is 1.06 bits per heavy atom. The first-order valence-corrected chi connectivity index (χ1v) is 7.47. The number of aryl methyl sites for hydroxylation is 1. The fraction of sp³-hybridized carbons (Fsp3) is 0.438. The largest absolute Gasteiger partial charge is 0.127 e. The van der Waals surface area contributed by atoms with Crippen molar-refractivity contribution >= 4 is 23.2 Å². The number of halogens is 2. The minimum absolute atomic E-state index is 0.738. The Labute approximate surface area is 120 Å². The third kappa shape index (κ3) is 6.91. The number of hydrogen-bond donors (Lipinski definition) is 0. The van der Waals surface area contributed by atoms with Gasteiger partial charge in [-0.05, 0) is 49.7 Å². The Bertz CT molecular complexity index is 375. The van der Waals surface area contributed by atoms with Crippen LogP contribution in [-0.4, -0.2) is 5.88 Å². The second-order valence-corrected chi connectivity index (χ2v) is 4.94. The van der Waals surface area contributed by atoms with Gasteiger partial charge in [0.1, 0.15) is 0 Å². The summed E-state index contributed by atoms with van der Waals surface area (Å²) < 4.78 is 0. The molecule has 0 amide bonds. The standard InChI is InChI=1S/C16H20Cl2/c17-13-5-4-9-16(12-14-18)11-6-10-15-7-2-1-3-8-15/h1-3,7-8,14H,4-6,9-11,13H2. The number of rotatable bonds is 8. The Balaban J connectivity index is 2.32. The van der Waals surface area contributed by atoms with E-state index in [1.165, 1.54) is 16.7 Å². The average Bonchev–Trinajstić information content (AvgIpc) is 2.40. The SMILES string of the molecule is ClC=C=C(CCCCCl)CCCc1ccccc1. The molecule has 1 aromatic rings. The maximum atomic E-state index is 5.68. The van der Waals surface area contributed by atoms with E-state index in [4.69, 9.17) is 23.2 Å². The lowest BCUT2D eigenvalue weighted by atomic mass is 10.0. The number of hydrogen-bond acceptors (Lipinski definition) is 0. The van der Waals surface area contributed by atoms with Crippen molar-refractivity contribution in [2.45, 2.75) is 38.5 Å². The lowest BCUT2D eigenvalue weighted by Crippen LogP contribution is -1.89. The van der Waals surface area contributed by atoms with Gasteiger partial charge in [0.05, 0.1) is 0 Å². The summed E-state index contributed by atoms with van der Waals surface area (Å²) in [5.74, 6) is 0.738. The highest BCUT2D eigenvalue weighted by Crippen LogP contribution is 2.15. The van der Waals surface area contributed by atoms with E-state index < -0.39 is 0 Å². The van der Waals surface area contributed by atoms with Crippen LogP contribution in [0, 0.1) is 0 Å². The summed E-state index contributed by atoms with van der Waals surface area (Å²) in [6, 6.07) is 10.6. The maximum Gasteiger partial charge on any atom is 0.0462 e. The molecule has 0 aliphatic carbocycles. The maximum absolute atomic E-state index is 5.68. The van der Waals surface area contributed by atoms with Gasteiger partial charge >= 0.3 is 0 Å². The van der Waals surface area contributed by atoms with Gasteiger partial charge in [-0.15, -0.1) is 17.3 Å². The van der Waals surface area contributed by atoms with Crippen LogP contribution in [0.25, 0.3) is 0 Å².